The number of anilines is 1. The molecule has 0 aliphatic carbocycles. The van der Waals surface area contributed by atoms with Crippen LogP contribution in [-0.4, -0.2) is 34.1 Å². The number of aromatic amines is 1. The first-order valence-corrected chi connectivity index (χ1v) is 6.67. The molecule has 0 atom stereocenters. The van der Waals surface area contributed by atoms with Crippen LogP contribution in [0.5, 0.6) is 0 Å². The van der Waals surface area contributed by atoms with E-state index in [-0.39, 0.29) is 5.69 Å². The summed E-state index contributed by atoms with van der Waals surface area (Å²) < 4.78 is 1.52. The fraction of sp³-hybridized carbons (Fsp3) is 0.333. The number of aromatic nitrogens is 3. The van der Waals surface area contributed by atoms with Gasteiger partial charge in [-0.1, -0.05) is 30.0 Å². The zero-order chi connectivity index (χ0) is 13.0. The summed E-state index contributed by atoms with van der Waals surface area (Å²) in [6.45, 7) is 0.899. The highest BCUT2D eigenvalue weighted by Crippen LogP contribution is 2.15. The van der Waals surface area contributed by atoms with Crippen LogP contribution in [0.3, 0.4) is 0 Å². The average Bonchev–Trinajstić information content (AvgIpc) is 2.71. The maximum absolute atomic E-state index is 11.2. The third-order valence-corrected chi connectivity index (χ3v) is 3.70. The molecule has 1 N–H and O–H groups in total. The highest BCUT2D eigenvalue weighted by atomic mass is 32.2. The van der Waals surface area contributed by atoms with E-state index in [1.807, 2.05) is 18.2 Å². The summed E-state index contributed by atoms with van der Waals surface area (Å²) in [5.41, 5.74) is 1.02. The van der Waals surface area contributed by atoms with Gasteiger partial charge in [0.2, 0.25) is 0 Å². The molecule has 0 aliphatic heterocycles. The van der Waals surface area contributed by atoms with E-state index in [1.165, 1.54) is 10.3 Å². The lowest BCUT2D eigenvalue weighted by Crippen LogP contribution is -2.20. The Balaban J connectivity index is 1.86. The van der Waals surface area contributed by atoms with Gasteiger partial charge in [0.25, 0.3) is 0 Å². The minimum atomic E-state index is -0.172. The number of nitrogens with zero attached hydrogens (tertiary/aromatic N) is 3. The van der Waals surface area contributed by atoms with E-state index in [0.717, 1.165) is 17.5 Å². The first kappa shape index (κ1) is 12.8. The molecule has 0 saturated heterocycles. The van der Waals surface area contributed by atoms with Gasteiger partial charge < -0.3 is 4.90 Å². The first-order chi connectivity index (χ1) is 8.68. The zero-order valence-electron chi connectivity index (χ0n) is 10.5. The van der Waals surface area contributed by atoms with Crippen LogP contribution in [0.25, 0.3) is 0 Å². The van der Waals surface area contributed by atoms with Crippen LogP contribution in [0.15, 0.2) is 40.3 Å². The van der Waals surface area contributed by atoms with Crippen LogP contribution in [-0.2, 0) is 7.05 Å². The number of hydrogen-bond donors (Lipinski definition) is 1. The summed E-state index contributed by atoms with van der Waals surface area (Å²) in [5.74, 6) is 0.878. The fourth-order valence-electron chi connectivity index (χ4n) is 1.55. The Hall–Kier alpha value is -1.69. The van der Waals surface area contributed by atoms with Crippen molar-refractivity contribution in [1.29, 1.82) is 0 Å². The molecule has 0 radical (unpaired) electrons. The highest BCUT2D eigenvalue weighted by Gasteiger charge is 2.05. The van der Waals surface area contributed by atoms with Gasteiger partial charge in [0.1, 0.15) is 0 Å². The number of nitrogens with one attached hydrogen (secondary N) is 1. The second-order valence-electron chi connectivity index (χ2n) is 3.98. The van der Waals surface area contributed by atoms with Crippen molar-refractivity contribution < 1.29 is 0 Å². The monoisotopic (exact) mass is 264 g/mol. The van der Waals surface area contributed by atoms with E-state index in [1.54, 1.807) is 18.8 Å². The van der Waals surface area contributed by atoms with Crippen molar-refractivity contribution in [3.05, 3.63) is 40.8 Å². The van der Waals surface area contributed by atoms with Crippen molar-refractivity contribution in [3.63, 3.8) is 0 Å². The quantitative estimate of drug-likeness (QED) is 0.828. The molecule has 0 aliphatic rings. The lowest BCUT2D eigenvalue weighted by molar-refractivity contribution is 0.765. The number of H-pyrrole nitrogens is 1. The summed E-state index contributed by atoms with van der Waals surface area (Å²) >= 11 is 1.57. The van der Waals surface area contributed by atoms with Crippen molar-refractivity contribution in [3.8, 4) is 0 Å². The Labute approximate surface area is 110 Å². The summed E-state index contributed by atoms with van der Waals surface area (Å²) in [5, 5.41) is 7.11. The number of thioether (sulfide) groups is 1. The maximum atomic E-state index is 11.2. The van der Waals surface area contributed by atoms with Crippen LogP contribution in [0.2, 0.25) is 0 Å². The van der Waals surface area contributed by atoms with E-state index in [9.17, 15) is 4.79 Å². The standard InChI is InChI=1S/C12H16N4OS/c1-15(10-6-4-3-5-7-10)8-9-18-12-14-13-11(17)16(12)2/h3-7H,8-9H2,1-2H3,(H,13,17). The van der Waals surface area contributed by atoms with E-state index < -0.39 is 0 Å². The smallest absolute Gasteiger partial charge is 0.343 e. The molecule has 0 amide bonds. The molecule has 6 heteroatoms. The SMILES string of the molecule is CN(CCSc1n[nH]c(=O)n1C)c1ccccc1. The van der Waals surface area contributed by atoms with Crippen molar-refractivity contribution in [2.45, 2.75) is 5.16 Å². The van der Waals surface area contributed by atoms with Crippen LogP contribution in [0.4, 0.5) is 5.69 Å². The van der Waals surface area contributed by atoms with E-state index in [2.05, 4.69) is 34.3 Å². The average molecular weight is 264 g/mol. The molecule has 1 aromatic carbocycles. The molecular formula is C12H16N4OS. The molecule has 1 aromatic heterocycles. The second kappa shape index (κ2) is 5.77. The van der Waals surface area contributed by atoms with Crippen molar-refractivity contribution >= 4 is 17.4 Å². The zero-order valence-corrected chi connectivity index (χ0v) is 11.3. The number of para-hydroxylation sites is 1. The largest absolute Gasteiger partial charge is 0.374 e. The van der Waals surface area contributed by atoms with Gasteiger partial charge in [0.05, 0.1) is 0 Å². The summed E-state index contributed by atoms with van der Waals surface area (Å²) in [4.78, 5) is 13.4. The lowest BCUT2D eigenvalue weighted by atomic mass is 10.3. The molecular weight excluding hydrogens is 248 g/mol. The van der Waals surface area contributed by atoms with Crippen molar-refractivity contribution in [2.75, 3.05) is 24.2 Å². The van der Waals surface area contributed by atoms with E-state index in [0.29, 0.717) is 0 Å². The van der Waals surface area contributed by atoms with Gasteiger partial charge in [-0.15, -0.1) is 5.10 Å². The van der Waals surface area contributed by atoms with Gasteiger partial charge in [-0.25, -0.2) is 9.89 Å². The molecule has 1 heterocycles. The Kier molecular flexibility index (Phi) is 4.09. The molecule has 0 saturated carbocycles. The Morgan fingerprint density at radius 1 is 1.39 bits per heavy atom. The van der Waals surface area contributed by atoms with Gasteiger partial charge >= 0.3 is 5.69 Å². The number of benzene rings is 1. The molecule has 0 fully saturated rings. The molecule has 0 unspecified atom stereocenters. The molecule has 5 nitrogen and oxygen atoms in total. The van der Waals surface area contributed by atoms with Crippen LogP contribution in [0, 0.1) is 0 Å². The number of rotatable bonds is 5. The van der Waals surface area contributed by atoms with Crippen molar-refractivity contribution in [1.82, 2.24) is 14.8 Å². The number of hydrogen-bond acceptors (Lipinski definition) is 4. The lowest BCUT2D eigenvalue weighted by Gasteiger charge is -2.18. The van der Waals surface area contributed by atoms with Gasteiger partial charge in [0.15, 0.2) is 5.16 Å². The van der Waals surface area contributed by atoms with Gasteiger partial charge in [0, 0.05) is 32.1 Å². The van der Waals surface area contributed by atoms with Gasteiger partial charge in [-0.3, -0.25) is 4.57 Å². The van der Waals surface area contributed by atoms with Crippen molar-refractivity contribution in [2.24, 2.45) is 7.05 Å². The van der Waals surface area contributed by atoms with Crippen LogP contribution >= 0.6 is 11.8 Å². The molecule has 2 aromatic rings. The summed E-state index contributed by atoms with van der Waals surface area (Å²) in [7, 11) is 3.77. The predicted molar refractivity (Wildman–Crippen MR) is 74.3 cm³/mol. The van der Waals surface area contributed by atoms with Gasteiger partial charge in [-0.2, -0.15) is 0 Å². The predicted octanol–water partition coefficient (Wildman–Crippen LogP) is 1.34. The normalized spacial score (nSPS) is 10.6. The Morgan fingerprint density at radius 3 is 2.72 bits per heavy atom. The Bertz CT molecular complexity index is 549. The highest BCUT2D eigenvalue weighted by molar-refractivity contribution is 7.99. The molecule has 0 bridgehead atoms. The van der Waals surface area contributed by atoms with Gasteiger partial charge in [-0.05, 0) is 12.1 Å². The topological polar surface area (TPSA) is 53.9 Å². The minimum absolute atomic E-state index is 0.172. The molecule has 96 valence electrons. The van der Waals surface area contributed by atoms with E-state index in [4.69, 9.17) is 0 Å². The molecule has 2 rings (SSSR count). The molecule has 0 spiro atoms. The minimum Gasteiger partial charge on any atom is -0.374 e. The summed E-state index contributed by atoms with van der Waals surface area (Å²) in [6.07, 6.45) is 0. The first-order valence-electron chi connectivity index (χ1n) is 5.69. The third kappa shape index (κ3) is 2.95. The van der Waals surface area contributed by atoms with Crippen LogP contribution < -0.4 is 10.6 Å². The van der Waals surface area contributed by atoms with E-state index >= 15 is 0 Å². The summed E-state index contributed by atoms with van der Waals surface area (Å²) in [6, 6.07) is 10.2. The Morgan fingerprint density at radius 2 is 2.11 bits per heavy atom. The second-order valence-corrected chi connectivity index (χ2v) is 5.04. The maximum Gasteiger partial charge on any atom is 0.343 e. The van der Waals surface area contributed by atoms with Crippen LogP contribution in [0.1, 0.15) is 0 Å². The fourth-order valence-corrected chi connectivity index (χ4v) is 2.48. The molecule has 18 heavy (non-hydrogen) atoms. The third-order valence-electron chi connectivity index (χ3n) is 2.69.